The molecule has 3 atom stereocenters. The van der Waals surface area contributed by atoms with Crippen molar-refractivity contribution in [3.8, 4) is 0 Å². The fourth-order valence-corrected chi connectivity index (χ4v) is 0.894. The maximum Gasteiger partial charge on any atom is 0.340 e. The number of aliphatic hydroxyl groups excluding tert-OH is 2. The minimum atomic E-state index is -1.99. The van der Waals surface area contributed by atoms with Crippen molar-refractivity contribution < 1.29 is 24.9 Å². The lowest BCUT2D eigenvalue weighted by Crippen LogP contribution is -2.58. The molecule has 1 rings (SSSR count). The van der Waals surface area contributed by atoms with E-state index in [2.05, 4.69) is 4.74 Å². The SMILES string of the molecule is C[C@]1(O)C(=O)OC[C@@H](O)[C@@H]1O. The predicted octanol–water partition coefficient (Wildman–Crippen LogP) is -1.98. The summed E-state index contributed by atoms with van der Waals surface area (Å²) in [6.45, 7) is 0.832. The molecule has 5 nitrogen and oxygen atoms in total. The molecular weight excluding hydrogens is 152 g/mol. The van der Waals surface area contributed by atoms with E-state index in [1.165, 1.54) is 0 Å². The van der Waals surface area contributed by atoms with Gasteiger partial charge in [0.1, 0.15) is 18.8 Å². The third kappa shape index (κ3) is 1.22. The summed E-state index contributed by atoms with van der Waals surface area (Å²) in [6.07, 6.45) is -2.67. The maximum atomic E-state index is 10.7. The first-order valence-corrected chi connectivity index (χ1v) is 3.22. The van der Waals surface area contributed by atoms with Gasteiger partial charge in [-0.05, 0) is 6.92 Å². The van der Waals surface area contributed by atoms with Gasteiger partial charge in [-0.25, -0.2) is 4.79 Å². The summed E-state index contributed by atoms with van der Waals surface area (Å²) in [5.41, 5.74) is -1.99. The van der Waals surface area contributed by atoms with Crippen molar-refractivity contribution in [2.75, 3.05) is 6.61 Å². The Labute approximate surface area is 63.2 Å². The van der Waals surface area contributed by atoms with Crippen LogP contribution in [0.15, 0.2) is 0 Å². The van der Waals surface area contributed by atoms with E-state index in [1.807, 2.05) is 0 Å². The Morgan fingerprint density at radius 2 is 2.18 bits per heavy atom. The van der Waals surface area contributed by atoms with E-state index >= 15 is 0 Å². The monoisotopic (exact) mass is 162 g/mol. The predicted molar refractivity (Wildman–Crippen MR) is 33.6 cm³/mol. The van der Waals surface area contributed by atoms with Crippen molar-refractivity contribution in [1.29, 1.82) is 0 Å². The van der Waals surface area contributed by atoms with Crippen molar-refractivity contribution in [3.05, 3.63) is 0 Å². The molecular formula is C6H10O5. The molecule has 1 heterocycles. The van der Waals surface area contributed by atoms with Crippen molar-refractivity contribution >= 4 is 5.97 Å². The van der Waals surface area contributed by atoms with E-state index in [0.29, 0.717) is 0 Å². The highest BCUT2D eigenvalue weighted by molar-refractivity contribution is 5.80. The number of esters is 1. The largest absolute Gasteiger partial charge is 0.461 e. The van der Waals surface area contributed by atoms with Crippen LogP contribution in [0, 0.1) is 0 Å². The normalized spacial score (nSPS) is 45.3. The van der Waals surface area contributed by atoms with Crippen molar-refractivity contribution in [2.45, 2.75) is 24.7 Å². The molecule has 1 saturated heterocycles. The quantitative estimate of drug-likeness (QED) is 0.359. The zero-order valence-corrected chi connectivity index (χ0v) is 6.02. The lowest BCUT2D eigenvalue weighted by Gasteiger charge is -2.34. The molecule has 0 aromatic carbocycles. The zero-order valence-electron chi connectivity index (χ0n) is 6.02. The molecule has 1 aliphatic heterocycles. The summed E-state index contributed by atoms with van der Waals surface area (Å²) in [5, 5.41) is 27.2. The first kappa shape index (κ1) is 8.45. The van der Waals surface area contributed by atoms with E-state index in [9.17, 15) is 9.90 Å². The minimum Gasteiger partial charge on any atom is -0.461 e. The minimum absolute atomic E-state index is 0.268. The lowest BCUT2D eigenvalue weighted by molar-refractivity contribution is -0.208. The zero-order chi connectivity index (χ0) is 8.65. The van der Waals surface area contributed by atoms with Crippen LogP contribution >= 0.6 is 0 Å². The molecule has 5 heteroatoms. The van der Waals surface area contributed by atoms with Crippen LogP contribution in [-0.4, -0.2) is 45.7 Å². The van der Waals surface area contributed by atoms with E-state index in [1.54, 1.807) is 0 Å². The van der Waals surface area contributed by atoms with Crippen LogP contribution in [0.4, 0.5) is 0 Å². The number of hydrogen-bond donors (Lipinski definition) is 3. The third-order valence-corrected chi connectivity index (χ3v) is 1.74. The van der Waals surface area contributed by atoms with Crippen molar-refractivity contribution in [2.24, 2.45) is 0 Å². The summed E-state index contributed by atoms with van der Waals surface area (Å²) >= 11 is 0. The standard InChI is InChI=1S/C6H10O5/c1-6(10)4(8)3(7)2-11-5(6)9/h3-4,7-8,10H,2H2,1H3/t3-,4+,6-/m1/s1. The average Bonchev–Trinajstić information content (AvgIpc) is 1.95. The van der Waals surface area contributed by atoms with Gasteiger partial charge in [-0.3, -0.25) is 0 Å². The van der Waals surface area contributed by atoms with Crippen LogP contribution < -0.4 is 0 Å². The second-order valence-corrected chi connectivity index (χ2v) is 2.76. The molecule has 0 saturated carbocycles. The van der Waals surface area contributed by atoms with E-state index < -0.39 is 23.8 Å². The molecule has 0 amide bonds. The average molecular weight is 162 g/mol. The van der Waals surface area contributed by atoms with Gasteiger partial charge in [0.05, 0.1) is 0 Å². The number of carbonyl (C=O) groups is 1. The Bertz CT molecular complexity index is 176. The van der Waals surface area contributed by atoms with Gasteiger partial charge in [0.15, 0.2) is 5.60 Å². The van der Waals surface area contributed by atoms with Gasteiger partial charge in [-0.15, -0.1) is 0 Å². The van der Waals surface area contributed by atoms with Gasteiger partial charge < -0.3 is 20.1 Å². The summed E-state index contributed by atoms with van der Waals surface area (Å²) in [6, 6.07) is 0. The Balaban J connectivity index is 2.80. The van der Waals surface area contributed by atoms with Gasteiger partial charge >= 0.3 is 5.97 Å². The fourth-order valence-electron chi connectivity index (χ4n) is 0.894. The number of rotatable bonds is 0. The van der Waals surface area contributed by atoms with Crippen molar-refractivity contribution in [1.82, 2.24) is 0 Å². The van der Waals surface area contributed by atoms with Crippen LogP contribution in [0.1, 0.15) is 6.92 Å². The number of aliphatic hydroxyl groups is 3. The summed E-state index contributed by atoms with van der Waals surface area (Å²) < 4.78 is 4.38. The molecule has 64 valence electrons. The van der Waals surface area contributed by atoms with Gasteiger partial charge in [-0.2, -0.15) is 0 Å². The van der Waals surface area contributed by atoms with Crippen LogP contribution in [-0.2, 0) is 9.53 Å². The second kappa shape index (κ2) is 2.44. The first-order chi connectivity index (χ1) is 4.96. The summed E-state index contributed by atoms with van der Waals surface area (Å²) in [7, 11) is 0. The van der Waals surface area contributed by atoms with Gasteiger partial charge in [0.2, 0.25) is 0 Å². The van der Waals surface area contributed by atoms with Crippen LogP contribution in [0.2, 0.25) is 0 Å². The molecule has 0 aliphatic carbocycles. The highest BCUT2D eigenvalue weighted by Gasteiger charge is 2.47. The van der Waals surface area contributed by atoms with Crippen molar-refractivity contribution in [3.63, 3.8) is 0 Å². The fraction of sp³-hybridized carbons (Fsp3) is 0.833. The molecule has 11 heavy (non-hydrogen) atoms. The molecule has 0 aromatic rings. The molecule has 0 unspecified atom stereocenters. The Kier molecular flexibility index (Phi) is 1.87. The molecule has 1 aliphatic rings. The molecule has 0 radical (unpaired) electrons. The lowest BCUT2D eigenvalue weighted by atomic mass is 9.93. The highest BCUT2D eigenvalue weighted by atomic mass is 16.6. The molecule has 0 spiro atoms. The number of ether oxygens (including phenoxy) is 1. The maximum absolute atomic E-state index is 10.7. The highest BCUT2D eigenvalue weighted by Crippen LogP contribution is 2.20. The second-order valence-electron chi connectivity index (χ2n) is 2.76. The van der Waals surface area contributed by atoms with Gasteiger partial charge in [-0.1, -0.05) is 0 Å². The molecule has 0 aromatic heterocycles. The Morgan fingerprint density at radius 3 is 2.64 bits per heavy atom. The van der Waals surface area contributed by atoms with Gasteiger partial charge in [0.25, 0.3) is 0 Å². The third-order valence-electron chi connectivity index (χ3n) is 1.74. The smallest absolute Gasteiger partial charge is 0.340 e. The molecule has 0 bridgehead atoms. The first-order valence-electron chi connectivity index (χ1n) is 3.22. The van der Waals surface area contributed by atoms with E-state index in [-0.39, 0.29) is 6.61 Å². The summed E-state index contributed by atoms with van der Waals surface area (Å²) in [5.74, 6) is -0.907. The summed E-state index contributed by atoms with van der Waals surface area (Å²) in [4.78, 5) is 10.7. The van der Waals surface area contributed by atoms with Crippen LogP contribution in [0.25, 0.3) is 0 Å². The Hall–Kier alpha value is -0.650. The molecule has 3 N–H and O–H groups in total. The van der Waals surface area contributed by atoms with Crippen LogP contribution in [0.5, 0.6) is 0 Å². The number of carbonyl (C=O) groups excluding carboxylic acids is 1. The number of cyclic esters (lactones) is 1. The van der Waals surface area contributed by atoms with Gasteiger partial charge in [0, 0.05) is 0 Å². The topological polar surface area (TPSA) is 87.0 Å². The van der Waals surface area contributed by atoms with E-state index in [0.717, 1.165) is 6.92 Å². The molecule has 1 fully saturated rings. The Morgan fingerprint density at radius 1 is 1.64 bits per heavy atom. The van der Waals surface area contributed by atoms with Crippen LogP contribution in [0.3, 0.4) is 0 Å². The van der Waals surface area contributed by atoms with E-state index in [4.69, 9.17) is 10.2 Å². The number of hydrogen-bond acceptors (Lipinski definition) is 5.